The topological polar surface area (TPSA) is 29.3 Å². The van der Waals surface area contributed by atoms with Gasteiger partial charge in [0.25, 0.3) is 6.43 Å². The van der Waals surface area contributed by atoms with Crippen LogP contribution in [0.5, 0.6) is 0 Å². The molecule has 94 valence electrons. The number of halogens is 3. The van der Waals surface area contributed by atoms with E-state index in [1.165, 1.54) is 18.2 Å². The van der Waals surface area contributed by atoms with E-state index < -0.39 is 12.2 Å². The van der Waals surface area contributed by atoms with Crippen LogP contribution in [0.1, 0.15) is 24.8 Å². The molecule has 0 aromatic heterocycles. The second kappa shape index (κ2) is 4.96. The van der Waals surface area contributed by atoms with Crippen molar-refractivity contribution < 1.29 is 13.2 Å². The van der Waals surface area contributed by atoms with Crippen LogP contribution in [0.25, 0.3) is 0 Å². The lowest BCUT2D eigenvalue weighted by Crippen LogP contribution is -2.40. The number of para-hydroxylation sites is 1. The lowest BCUT2D eigenvalue weighted by molar-refractivity contribution is 0.151. The van der Waals surface area contributed by atoms with Crippen molar-refractivity contribution in [3.63, 3.8) is 0 Å². The van der Waals surface area contributed by atoms with Gasteiger partial charge in [0.15, 0.2) is 0 Å². The Balaban J connectivity index is 2.30. The summed E-state index contributed by atoms with van der Waals surface area (Å²) in [6, 6.07) is 3.90. The quantitative estimate of drug-likeness (QED) is 0.866. The predicted octanol–water partition coefficient (Wildman–Crippen LogP) is 2.69. The first-order valence-corrected chi connectivity index (χ1v) is 5.66. The molecule has 1 heterocycles. The molecule has 1 aliphatic heterocycles. The number of anilines is 1. The SMILES string of the molecule is NC1CCN(c2c(F)cccc2C(F)F)CC1. The maximum Gasteiger partial charge on any atom is 0.265 e. The second-order valence-corrected chi connectivity index (χ2v) is 4.30. The van der Waals surface area contributed by atoms with E-state index in [9.17, 15) is 13.2 Å². The van der Waals surface area contributed by atoms with Crippen molar-refractivity contribution in [2.45, 2.75) is 25.3 Å². The smallest absolute Gasteiger partial charge is 0.265 e. The van der Waals surface area contributed by atoms with Gasteiger partial charge in [0.1, 0.15) is 5.82 Å². The van der Waals surface area contributed by atoms with Gasteiger partial charge in [-0.2, -0.15) is 0 Å². The lowest BCUT2D eigenvalue weighted by atomic mass is 10.0. The van der Waals surface area contributed by atoms with Gasteiger partial charge in [0.2, 0.25) is 0 Å². The molecular weight excluding hydrogens is 229 g/mol. The van der Waals surface area contributed by atoms with Gasteiger partial charge in [-0.1, -0.05) is 12.1 Å². The highest BCUT2D eigenvalue weighted by molar-refractivity contribution is 5.55. The third-order valence-electron chi connectivity index (χ3n) is 3.11. The maximum absolute atomic E-state index is 13.7. The summed E-state index contributed by atoms with van der Waals surface area (Å²) in [5, 5.41) is 0. The van der Waals surface area contributed by atoms with Crippen LogP contribution in [0.4, 0.5) is 18.9 Å². The third-order valence-corrected chi connectivity index (χ3v) is 3.11. The summed E-state index contributed by atoms with van der Waals surface area (Å²) in [5.41, 5.74) is 5.54. The van der Waals surface area contributed by atoms with Gasteiger partial charge in [0.05, 0.1) is 5.69 Å². The summed E-state index contributed by atoms with van der Waals surface area (Å²) in [6.07, 6.45) is -1.25. The molecule has 2 nitrogen and oxygen atoms in total. The van der Waals surface area contributed by atoms with E-state index in [1.54, 1.807) is 4.90 Å². The standard InChI is InChI=1S/C12H15F3N2/c13-10-3-1-2-9(12(14)15)11(10)17-6-4-8(16)5-7-17/h1-3,8,12H,4-7,16H2. The van der Waals surface area contributed by atoms with E-state index in [1.807, 2.05) is 0 Å². The average Bonchev–Trinajstić information content (AvgIpc) is 2.30. The Kier molecular flexibility index (Phi) is 3.57. The Morgan fingerprint density at radius 1 is 1.24 bits per heavy atom. The molecular formula is C12H15F3N2. The molecule has 1 aromatic carbocycles. The van der Waals surface area contributed by atoms with Crippen molar-refractivity contribution in [3.8, 4) is 0 Å². The zero-order valence-corrected chi connectivity index (χ0v) is 9.37. The number of hydrogen-bond donors (Lipinski definition) is 1. The molecule has 1 aromatic rings. The van der Waals surface area contributed by atoms with Crippen LogP contribution in [0, 0.1) is 5.82 Å². The van der Waals surface area contributed by atoms with E-state index in [0.717, 1.165) is 0 Å². The molecule has 0 unspecified atom stereocenters. The highest BCUT2D eigenvalue weighted by atomic mass is 19.3. The number of alkyl halides is 2. The lowest BCUT2D eigenvalue weighted by Gasteiger charge is -2.33. The molecule has 0 atom stereocenters. The molecule has 0 bridgehead atoms. The number of hydrogen-bond acceptors (Lipinski definition) is 2. The molecule has 1 fully saturated rings. The van der Waals surface area contributed by atoms with Gasteiger partial charge in [-0.15, -0.1) is 0 Å². The molecule has 17 heavy (non-hydrogen) atoms. The number of benzene rings is 1. The Hall–Kier alpha value is -1.23. The Labute approximate surface area is 98.2 Å². The monoisotopic (exact) mass is 244 g/mol. The molecule has 2 rings (SSSR count). The van der Waals surface area contributed by atoms with Crippen molar-refractivity contribution >= 4 is 5.69 Å². The summed E-state index contributed by atoms with van der Waals surface area (Å²) >= 11 is 0. The summed E-state index contributed by atoms with van der Waals surface area (Å²) < 4.78 is 39.3. The highest BCUT2D eigenvalue weighted by Crippen LogP contribution is 2.33. The van der Waals surface area contributed by atoms with Gasteiger partial charge >= 0.3 is 0 Å². The minimum Gasteiger partial charge on any atom is -0.369 e. The van der Waals surface area contributed by atoms with Gasteiger partial charge in [0, 0.05) is 24.7 Å². The third kappa shape index (κ3) is 2.54. The molecule has 2 N–H and O–H groups in total. The van der Waals surface area contributed by atoms with Crippen LogP contribution < -0.4 is 10.6 Å². The maximum atomic E-state index is 13.7. The number of nitrogens with two attached hydrogens (primary N) is 1. The fourth-order valence-corrected chi connectivity index (χ4v) is 2.16. The predicted molar refractivity (Wildman–Crippen MR) is 60.8 cm³/mol. The van der Waals surface area contributed by atoms with Crippen LogP contribution in [-0.4, -0.2) is 19.1 Å². The zero-order chi connectivity index (χ0) is 12.4. The number of nitrogens with zero attached hydrogens (tertiary/aromatic N) is 1. The van der Waals surface area contributed by atoms with Gasteiger partial charge in [-0.05, 0) is 18.9 Å². The van der Waals surface area contributed by atoms with E-state index in [0.29, 0.717) is 25.9 Å². The van der Waals surface area contributed by atoms with Gasteiger partial charge in [-0.3, -0.25) is 0 Å². The Morgan fingerprint density at radius 2 is 1.88 bits per heavy atom. The number of rotatable bonds is 2. The van der Waals surface area contributed by atoms with Crippen molar-refractivity contribution in [2.24, 2.45) is 5.73 Å². The van der Waals surface area contributed by atoms with Gasteiger partial charge < -0.3 is 10.6 Å². The first-order chi connectivity index (χ1) is 8.09. The van der Waals surface area contributed by atoms with Crippen molar-refractivity contribution in [3.05, 3.63) is 29.6 Å². The fourth-order valence-electron chi connectivity index (χ4n) is 2.16. The van der Waals surface area contributed by atoms with E-state index in [-0.39, 0.29) is 17.3 Å². The molecule has 5 heteroatoms. The second-order valence-electron chi connectivity index (χ2n) is 4.30. The molecule has 1 aliphatic rings. The number of piperidine rings is 1. The highest BCUT2D eigenvalue weighted by Gasteiger charge is 2.24. The van der Waals surface area contributed by atoms with Crippen LogP contribution in [0.15, 0.2) is 18.2 Å². The summed E-state index contributed by atoms with van der Waals surface area (Å²) in [7, 11) is 0. The Morgan fingerprint density at radius 3 is 2.47 bits per heavy atom. The summed E-state index contributed by atoms with van der Waals surface area (Å²) in [6.45, 7) is 1.06. The van der Waals surface area contributed by atoms with Crippen LogP contribution >= 0.6 is 0 Å². The van der Waals surface area contributed by atoms with E-state index in [2.05, 4.69) is 0 Å². The summed E-state index contributed by atoms with van der Waals surface area (Å²) in [5.74, 6) is -0.585. The molecule has 0 aliphatic carbocycles. The first kappa shape index (κ1) is 12.2. The molecule has 0 saturated carbocycles. The minimum atomic E-state index is -2.66. The van der Waals surface area contributed by atoms with E-state index in [4.69, 9.17) is 5.73 Å². The molecule has 0 radical (unpaired) electrons. The van der Waals surface area contributed by atoms with Crippen molar-refractivity contribution in [1.82, 2.24) is 0 Å². The zero-order valence-electron chi connectivity index (χ0n) is 9.37. The molecule has 0 spiro atoms. The molecule has 1 saturated heterocycles. The normalized spacial score (nSPS) is 17.8. The summed E-state index contributed by atoms with van der Waals surface area (Å²) in [4.78, 5) is 1.67. The van der Waals surface area contributed by atoms with Crippen molar-refractivity contribution in [2.75, 3.05) is 18.0 Å². The Bertz CT molecular complexity index is 387. The van der Waals surface area contributed by atoms with Gasteiger partial charge in [-0.25, -0.2) is 13.2 Å². The largest absolute Gasteiger partial charge is 0.369 e. The van der Waals surface area contributed by atoms with E-state index >= 15 is 0 Å². The first-order valence-electron chi connectivity index (χ1n) is 5.66. The fraction of sp³-hybridized carbons (Fsp3) is 0.500. The molecule has 0 amide bonds. The van der Waals surface area contributed by atoms with Crippen LogP contribution in [0.3, 0.4) is 0 Å². The minimum absolute atomic E-state index is 0.0365. The van der Waals surface area contributed by atoms with Crippen LogP contribution in [0.2, 0.25) is 0 Å². The van der Waals surface area contributed by atoms with Crippen LogP contribution in [-0.2, 0) is 0 Å². The van der Waals surface area contributed by atoms with Crippen molar-refractivity contribution in [1.29, 1.82) is 0 Å². The average molecular weight is 244 g/mol.